The molecule has 11 nitrogen and oxygen atoms in total. The first-order valence-electron chi connectivity index (χ1n) is 16.3. The molecule has 3 N–H and O–H groups in total. The van der Waals surface area contributed by atoms with Crippen molar-refractivity contribution in [2.75, 3.05) is 57.1 Å². The van der Waals surface area contributed by atoms with Crippen LogP contribution in [-0.4, -0.2) is 102 Å². The number of pyridine rings is 2. The van der Waals surface area contributed by atoms with Crippen molar-refractivity contribution >= 4 is 22.5 Å². The Morgan fingerprint density at radius 3 is 2.58 bits per heavy atom. The van der Waals surface area contributed by atoms with E-state index in [1.54, 1.807) is 0 Å². The van der Waals surface area contributed by atoms with Gasteiger partial charge in [0.05, 0.1) is 23.9 Å². The third-order valence-electron chi connectivity index (χ3n) is 10.1. The average molecular weight is 679 g/mol. The quantitative estimate of drug-likeness (QED) is 0.332. The summed E-state index contributed by atoms with van der Waals surface area (Å²) in [6.45, 7) is 7.62. The summed E-state index contributed by atoms with van der Waals surface area (Å²) in [6, 6.07) is 0.691. The van der Waals surface area contributed by atoms with Gasteiger partial charge in [0.25, 0.3) is 0 Å². The molecule has 3 aliphatic heterocycles. The van der Waals surface area contributed by atoms with Gasteiger partial charge in [-0.1, -0.05) is 6.92 Å². The number of halogens is 5. The van der Waals surface area contributed by atoms with Gasteiger partial charge in [0.1, 0.15) is 46.6 Å². The van der Waals surface area contributed by atoms with Gasteiger partial charge in [-0.25, -0.2) is 18.7 Å². The van der Waals surface area contributed by atoms with E-state index in [2.05, 4.69) is 27.2 Å². The lowest BCUT2D eigenvalue weighted by atomic mass is 10.0. The van der Waals surface area contributed by atoms with E-state index in [0.717, 1.165) is 32.3 Å². The van der Waals surface area contributed by atoms with Crippen LogP contribution in [-0.2, 0) is 10.9 Å². The van der Waals surface area contributed by atoms with E-state index in [1.165, 1.54) is 7.11 Å². The standard InChI is InChI=1S/C32H39F5N8O3/c1-5-17-10-45-20(9-39-17)16(3)48-29-23-27(25(34)26(41-29)18-8-22(38)40-15(2)24(18)32(35,36)37)42-30(43-28(23)45)47-14-31(6-7-31)13-44-11-19(33)21(12-44)46-4/h8,16-17,19-21,39H,5-7,9-14H2,1-4H3,(H2,38,40)/t16-,17+,19-,20-,21+/m0/s1. The van der Waals surface area contributed by atoms with Crippen molar-refractivity contribution in [3.05, 3.63) is 23.1 Å². The Bertz CT molecular complexity index is 1720. The number of aromatic nitrogens is 4. The molecule has 0 amide bonds. The van der Waals surface area contributed by atoms with Crippen LogP contribution in [0.1, 0.15) is 44.4 Å². The molecule has 16 heteroatoms. The number of nitrogens with two attached hydrogens (primary N) is 1. The number of fused-ring (bicyclic) bond motifs is 2. The van der Waals surface area contributed by atoms with Crippen LogP contribution in [0.25, 0.3) is 22.2 Å². The second-order valence-corrected chi connectivity index (χ2v) is 13.5. The summed E-state index contributed by atoms with van der Waals surface area (Å²) in [7, 11) is 1.50. The summed E-state index contributed by atoms with van der Waals surface area (Å²) in [5.41, 5.74) is 2.58. The molecule has 1 saturated carbocycles. The largest absolute Gasteiger partial charge is 0.472 e. The van der Waals surface area contributed by atoms with Crippen molar-refractivity contribution in [1.82, 2.24) is 30.2 Å². The number of nitrogens with one attached hydrogen (secondary N) is 1. The molecule has 6 heterocycles. The molecule has 3 aromatic rings. The highest BCUT2D eigenvalue weighted by atomic mass is 19.4. The zero-order valence-electron chi connectivity index (χ0n) is 27.2. The number of ether oxygens (including phenoxy) is 3. The van der Waals surface area contributed by atoms with Crippen molar-refractivity contribution in [3.8, 4) is 23.1 Å². The number of methoxy groups -OCH3 is 1. The average Bonchev–Trinajstić information content (AvgIpc) is 3.73. The number of likely N-dealkylation sites (tertiary alicyclic amines) is 1. The third-order valence-corrected chi connectivity index (χ3v) is 10.1. The number of hydrogen-bond acceptors (Lipinski definition) is 11. The zero-order valence-corrected chi connectivity index (χ0v) is 27.2. The predicted molar refractivity (Wildman–Crippen MR) is 167 cm³/mol. The molecule has 5 atom stereocenters. The molecule has 7 rings (SSSR count). The molecule has 48 heavy (non-hydrogen) atoms. The summed E-state index contributed by atoms with van der Waals surface area (Å²) in [4.78, 5) is 21.4. The van der Waals surface area contributed by atoms with E-state index < -0.39 is 52.9 Å². The Hall–Kier alpha value is -3.63. The van der Waals surface area contributed by atoms with E-state index in [1.807, 2.05) is 16.7 Å². The van der Waals surface area contributed by atoms with Gasteiger partial charge < -0.3 is 30.2 Å². The SMILES string of the molecule is CC[C@@H]1CN2c3nc(OCC4(CN5C[C@H](F)[C@H](OC)C5)CC4)nc4c(F)c(-c5cc(N)nc(C)c5C(F)(F)F)nc(c34)O[C@@H](C)[C@@H]2CN1. The van der Waals surface area contributed by atoms with Crippen LogP contribution in [0.15, 0.2) is 6.07 Å². The van der Waals surface area contributed by atoms with Crippen molar-refractivity contribution in [2.24, 2.45) is 5.41 Å². The first-order chi connectivity index (χ1) is 22.8. The number of nitrogen functional groups attached to an aromatic ring is 1. The summed E-state index contributed by atoms with van der Waals surface area (Å²) in [5.74, 6) is -1.05. The van der Waals surface area contributed by atoms with Gasteiger partial charge in [0, 0.05) is 56.9 Å². The molecule has 0 aromatic carbocycles. The van der Waals surface area contributed by atoms with Crippen molar-refractivity contribution in [1.29, 1.82) is 0 Å². The minimum absolute atomic E-state index is 0.0831. The highest BCUT2D eigenvalue weighted by Crippen LogP contribution is 2.48. The maximum absolute atomic E-state index is 16.8. The van der Waals surface area contributed by atoms with E-state index in [-0.39, 0.29) is 59.3 Å². The summed E-state index contributed by atoms with van der Waals surface area (Å²) >= 11 is 0. The van der Waals surface area contributed by atoms with Crippen LogP contribution in [0.3, 0.4) is 0 Å². The molecule has 1 aliphatic carbocycles. The topological polar surface area (TPSA) is 124 Å². The normalized spacial score (nSPS) is 26.7. The number of aryl methyl sites for hydroxylation is 1. The lowest BCUT2D eigenvalue weighted by molar-refractivity contribution is -0.137. The summed E-state index contributed by atoms with van der Waals surface area (Å²) < 4.78 is 92.0. The second kappa shape index (κ2) is 12.1. The Morgan fingerprint density at radius 2 is 1.92 bits per heavy atom. The highest BCUT2D eigenvalue weighted by Gasteiger charge is 2.48. The fourth-order valence-corrected chi connectivity index (χ4v) is 7.28. The first-order valence-corrected chi connectivity index (χ1v) is 16.3. The van der Waals surface area contributed by atoms with Crippen LogP contribution < -0.4 is 25.4 Å². The Kier molecular flexibility index (Phi) is 8.26. The van der Waals surface area contributed by atoms with E-state index in [0.29, 0.717) is 32.0 Å². The molecule has 2 saturated heterocycles. The number of hydrogen-bond donors (Lipinski definition) is 2. The Labute approximate surface area is 274 Å². The van der Waals surface area contributed by atoms with Gasteiger partial charge in [-0.2, -0.15) is 23.1 Å². The van der Waals surface area contributed by atoms with Crippen molar-refractivity contribution in [3.63, 3.8) is 0 Å². The Morgan fingerprint density at radius 1 is 1.15 bits per heavy atom. The monoisotopic (exact) mass is 678 g/mol. The van der Waals surface area contributed by atoms with Crippen LogP contribution >= 0.6 is 0 Å². The number of piperazine rings is 1. The molecule has 3 aromatic heterocycles. The minimum atomic E-state index is -4.88. The van der Waals surface area contributed by atoms with E-state index in [9.17, 15) is 17.6 Å². The first kappa shape index (κ1) is 32.9. The number of anilines is 2. The Balaban J connectivity index is 1.33. The van der Waals surface area contributed by atoms with Crippen LogP contribution in [0.5, 0.6) is 11.9 Å². The lowest BCUT2D eigenvalue weighted by Crippen LogP contribution is -2.60. The second-order valence-electron chi connectivity index (χ2n) is 13.5. The predicted octanol–water partition coefficient (Wildman–Crippen LogP) is 4.30. The molecule has 260 valence electrons. The van der Waals surface area contributed by atoms with Gasteiger partial charge in [0.15, 0.2) is 5.82 Å². The molecule has 0 bridgehead atoms. The van der Waals surface area contributed by atoms with Crippen LogP contribution in [0.4, 0.5) is 33.6 Å². The van der Waals surface area contributed by atoms with E-state index in [4.69, 9.17) is 24.9 Å². The maximum Gasteiger partial charge on any atom is 0.418 e. The number of alkyl halides is 4. The smallest absolute Gasteiger partial charge is 0.418 e. The zero-order chi connectivity index (χ0) is 34.1. The van der Waals surface area contributed by atoms with E-state index >= 15 is 4.39 Å². The molecule has 4 aliphatic rings. The van der Waals surface area contributed by atoms with Gasteiger partial charge in [0.2, 0.25) is 5.88 Å². The van der Waals surface area contributed by atoms with Gasteiger partial charge in [-0.3, -0.25) is 4.90 Å². The molecule has 0 unspecified atom stereocenters. The van der Waals surface area contributed by atoms with Gasteiger partial charge in [-0.05, 0) is 39.2 Å². The lowest BCUT2D eigenvalue weighted by Gasteiger charge is -2.42. The third kappa shape index (κ3) is 5.85. The summed E-state index contributed by atoms with van der Waals surface area (Å²) in [6.07, 6.45) is -4.43. The maximum atomic E-state index is 16.8. The van der Waals surface area contributed by atoms with Crippen molar-refractivity contribution < 1.29 is 36.2 Å². The van der Waals surface area contributed by atoms with Crippen molar-refractivity contribution in [2.45, 2.75) is 76.7 Å². The molecular weight excluding hydrogens is 639 g/mol. The van der Waals surface area contributed by atoms with Crippen LogP contribution in [0, 0.1) is 18.2 Å². The number of rotatable bonds is 8. The molecule has 0 spiro atoms. The van der Waals surface area contributed by atoms with Gasteiger partial charge >= 0.3 is 12.2 Å². The molecule has 3 fully saturated rings. The summed E-state index contributed by atoms with van der Waals surface area (Å²) in [5, 5.41) is 3.66. The van der Waals surface area contributed by atoms with Crippen LogP contribution in [0.2, 0.25) is 0 Å². The fraction of sp³-hybridized carbons (Fsp3) is 0.625. The molecular formula is C32H39F5N8O3. The molecule has 0 radical (unpaired) electrons. The van der Waals surface area contributed by atoms with Gasteiger partial charge in [-0.15, -0.1) is 0 Å². The number of nitrogens with zero attached hydrogens (tertiary/aromatic N) is 6. The minimum Gasteiger partial charge on any atom is -0.472 e. The highest BCUT2D eigenvalue weighted by molar-refractivity contribution is 5.97. The fourth-order valence-electron chi connectivity index (χ4n) is 7.28.